The van der Waals surface area contributed by atoms with Gasteiger partial charge in [0, 0.05) is 11.0 Å². The highest BCUT2D eigenvalue weighted by atomic mass is 79.9. The highest BCUT2D eigenvalue weighted by molar-refractivity contribution is 9.10. The number of hydrogen-bond donors (Lipinski definition) is 2. The van der Waals surface area contributed by atoms with Crippen LogP contribution < -0.4 is 11.1 Å². The van der Waals surface area contributed by atoms with Gasteiger partial charge in [0.25, 0.3) is 0 Å². The quantitative estimate of drug-likeness (QED) is 0.878. The molecule has 0 atom stereocenters. The van der Waals surface area contributed by atoms with E-state index in [0.29, 0.717) is 12.8 Å². The van der Waals surface area contributed by atoms with E-state index in [1.165, 1.54) is 0 Å². The van der Waals surface area contributed by atoms with Crippen LogP contribution in [0.3, 0.4) is 0 Å². The molecule has 1 aromatic carbocycles. The first-order valence-electron chi connectivity index (χ1n) is 6.64. The predicted molar refractivity (Wildman–Crippen MR) is 77.3 cm³/mol. The minimum atomic E-state index is -0.798. The third-order valence-corrected chi connectivity index (χ3v) is 4.39. The number of nitrogens with one attached hydrogen (secondary N) is 1. The van der Waals surface area contributed by atoms with Crippen molar-refractivity contribution >= 4 is 27.5 Å². The van der Waals surface area contributed by atoms with Gasteiger partial charge >= 0.3 is 0 Å². The maximum atomic E-state index is 13.8. The van der Waals surface area contributed by atoms with E-state index in [9.17, 15) is 13.6 Å². The highest BCUT2D eigenvalue weighted by Gasteiger charge is 2.38. The molecule has 1 aromatic rings. The minimum absolute atomic E-state index is 0.193. The van der Waals surface area contributed by atoms with E-state index in [4.69, 9.17) is 5.73 Å². The van der Waals surface area contributed by atoms with E-state index in [2.05, 4.69) is 21.2 Å². The Morgan fingerprint density at radius 3 is 2.30 bits per heavy atom. The first kappa shape index (κ1) is 15.4. The Labute approximate surface area is 125 Å². The number of anilines is 1. The fraction of sp³-hybridized carbons (Fsp3) is 0.500. The average Bonchev–Trinajstić information content (AvgIpc) is 2.43. The summed E-state index contributed by atoms with van der Waals surface area (Å²) in [5, 5.41) is 2.38. The molecule has 3 nitrogen and oxygen atoms in total. The summed E-state index contributed by atoms with van der Waals surface area (Å²) < 4.78 is 27.8. The van der Waals surface area contributed by atoms with Gasteiger partial charge in [0.05, 0.1) is 5.41 Å². The van der Waals surface area contributed by atoms with Gasteiger partial charge in [0.2, 0.25) is 5.91 Å². The van der Waals surface area contributed by atoms with Gasteiger partial charge in [-0.05, 0) is 25.0 Å². The number of halogens is 3. The lowest BCUT2D eigenvalue weighted by Gasteiger charge is -2.34. The van der Waals surface area contributed by atoms with Crippen LogP contribution in [0, 0.1) is 17.0 Å². The zero-order valence-electron chi connectivity index (χ0n) is 11.0. The lowest BCUT2D eigenvalue weighted by Crippen LogP contribution is -2.44. The number of nitrogens with two attached hydrogens (primary N) is 1. The second kappa shape index (κ2) is 6.18. The standard InChI is InChI=1S/C14H17BrF2N2O/c15-9-6-10(16)12(11(17)7-9)19-13(20)14(8-18)4-2-1-3-5-14/h6-7H,1-5,8,18H2,(H,19,20). The van der Waals surface area contributed by atoms with Gasteiger partial charge in [0.15, 0.2) is 11.6 Å². The molecule has 20 heavy (non-hydrogen) atoms. The fourth-order valence-electron chi connectivity index (χ4n) is 2.66. The van der Waals surface area contributed by atoms with E-state index >= 15 is 0 Å². The van der Waals surface area contributed by atoms with Crippen LogP contribution in [0.25, 0.3) is 0 Å². The van der Waals surface area contributed by atoms with Crippen molar-refractivity contribution in [2.45, 2.75) is 32.1 Å². The minimum Gasteiger partial charge on any atom is -0.329 e. The second-order valence-corrected chi connectivity index (χ2v) is 6.16. The van der Waals surface area contributed by atoms with Crippen molar-refractivity contribution in [3.05, 3.63) is 28.2 Å². The Balaban J connectivity index is 2.23. The van der Waals surface area contributed by atoms with Crippen LogP contribution in [-0.4, -0.2) is 12.5 Å². The van der Waals surface area contributed by atoms with Gasteiger partial charge in [-0.1, -0.05) is 35.2 Å². The van der Waals surface area contributed by atoms with Crippen molar-refractivity contribution in [1.29, 1.82) is 0 Å². The molecule has 1 aliphatic carbocycles. The van der Waals surface area contributed by atoms with Gasteiger partial charge in [0.1, 0.15) is 5.69 Å². The summed E-state index contributed by atoms with van der Waals surface area (Å²) in [6.07, 6.45) is 4.21. The van der Waals surface area contributed by atoms with Crippen molar-refractivity contribution < 1.29 is 13.6 Å². The molecule has 1 fully saturated rings. The summed E-state index contributed by atoms with van der Waals surface area (Å²) in [5.41, 5.74) is 4.63. The topological polar surface area (TPSA) is 55.1 Å². The van der Waals surface area contributed by atoms with Crippen molar-refractivity contribution in [3.8, 4) is 0 Å². The molecule has 0 spiro atoms. The van der Waals surface area contributed by atoms with Crippen LogP contribution >= 0.6 is 15.9 Å². The van der Waals surface area contributed by atoms with Crippen molar-refractivity contribution in [3.63, 3.8) is 0 Å². The zero-order chi connectivity index (χ0) is 14.8. The van der Waals surface area contributed by atoms with Gasteiger partial charge < -0.3 is 11.1 Å². The molecule has 110 valence electrons. The largest absolute Gasteiger partial charge is 0.329 e. The van der Waals surface area contributed by atoms with E-state index in [0.717, 1.165) is 31.4 Å². The molecule has 2 rings (SSSR count). The van der Waals surface area contributed by atoms with Crippen LogP contribution in [0.4, 0.5) is 14.5 Å². The Morgan fingerprint density at radius 1 is 1.25 bits per heavy atom. The molecule has 3 N–H and O–H groups in total. The van der Waals surface area contributed by atoms with E-state index < -0.39 is 22.7 Å². The summed E-state index contributed by atoms with van der Waals surface area (Å²) in [4.78, 5) is 12.4. The molecule has 0 saturated heterocycles. The van der Waals surface area contributed by atoms with Gasteiger partial charge in [-0.2, -0.15) is 0 Å². The molecule has 0 bridgehead atoms. The molecule has 0 radical (unpaired) electrons. The van der Waals surface area contributed by atoms with Crippen molar-refractivity contribution in [1.82, 2.24) is 0 Å². The van der Waals surface area contributed by atoms with Gasteiger partial charge in [-0.15, -0.1) is 0 Å². The van der Waals surface area contributed by atoms with Crippen LogP contribution in [0.2, 0.25) is 0 Å². The van der Waals surface area contributed by atoms with Gasteiger partial charge in [-0.25, -0.2) is 8.78 Å². The first-order valence-corrected chi connectivity index (χ1v) is 7.44. The molecule has 6 heteroatoms. The molecule has 0 aliphatic heterocycles. The first-order chi connectivity index (χ1) is 9.48. The monoisotopic (exact) mass is 346 g/mol. The molecular formula is C14H17BrF2N2O. The number of carbonyl (C=O) groups is 1. The Morgan fingerprint density at radius 2 is 1.80 bits per heavy atom. The van der Waals surface area contributed by atoms with Crippen molar-refractivity contribution in [2.75, 3.05) is 11.9 Å². The average molecular weight is 347 g/mol. The lowest BCUT2D eigenvalue weighted by atomic mass is 9.73. The maximum Gasteiger partial charge on any atom is 0.232 e. The Kier molecular flexibility index (Phi) is 4.75. The Hall–Kier alpha value is -1.01. The Bertz CT molecular complexity index is 493. The van der Waals surface area contributed by atoms with Gasteiger partial charge in [-0.3, -0.25) is 4.79 Å². The predicted octanol–water partition coefficient (Wildman–Crippen LogP) is 3.58. The third-order valence-electron chi connectivity index (χ3n) is 3.93. The maximum absolute atomic E-state index is 13.8. The SMILES string of the molecule is NCC1(C(=O)Nc2c(F)cc(Br)cc2F)CCCCC1. The number of amides is 1. The number of hydrogen-bond acceptors (Lipinski definition) is 2. The molecule has 0 aromatic heterocycles. The van der Waals surface area contributed by atoms with E-state index in [-0.39, 0.29) is 16.9 Å². The van der Waals surface area contributed by atoms with Crippen LogP contribution in [0.15, 0.2) is 16.6 Å². The summed E-state index contributed by atoms with van der Waals surface area (Å²) in [5.74, 6) is -1.98. The van der Waals surface area contributed by atoms with E-state index in [1.807, 2.05) is 0 Å². The smallest absolute Gasteiger partial charge is 0.232 e. The summed E-state index contributed by atoms with van der Waals surface area (Å²) in [7, 11) is 0. The van der Waals surface area contributed by atoms with Crippen molar-refractivity contribution in [2.24, 2.45) is 11.1 Å². The summed E-state index contributed by atoms with van der Waals surface area (Å²) >= 11 is 3.00. The normalized spacial score (nSPS) is 17.8. The number of carbonyl (C=O) groups excluding carboxylic acids is 1. The number of rotatable bonds is 3. The highest BCUT2D eigenvalue weighted by Crippen LogP contribution is 2.37. The second-order valence-electron chi connectivity index (χ2n) is 5.24. The molecule has 0 heterocycles. The fourth-order valence-corrected chi connectivity index (χ4v) is 3.06. The summed E-state index contributed by atoms with van der Waals surface area (Å²) in [6.45, 7) is 0.193. The molecule has 0 unspecified atom stereocenters. The van der Waals surface area contributed by atoms with E-state index in [1.54, 1.807) is 0 Å². The molecular weight excluding hydrogens is 330 g/mol. The molecule has 1 amide bonds. The molecule has 1 saturated carbocycles. The van der Waals surface area contributed by atoms with Crippen LogP contribution in [0.5, 0.6) is 0 Å². The zero-order valence-corrected chi connectivity index (χ0v) is 12.6. The summed E-state index contributed by atoms with van der Waals surface area (Å²) in [6, 6.07) is 2.24. The number of benzene rings is 1. The van der Waals surface area contributed by atoms with Crippen LogP contribution in [-0.2, 0) is 4.79 Å². The third kappa shape index (κ3) is 3.01. The lowest BCUT2D eigenvalue weighted by molar-refractivity contribution is -0.126. The van der Waals surface area contributed by atoms with Crippen LogP contribution in [0.1, 0.15) is 32.1 Å². The molecule has 1 aliphatic rings.